The van der Waals surface area contributed by atoms with Crippen LogP contribution in [0.15, 0.2) is 79.4 Å². The van der Waals surface area contributed by atoms with E-state index in [0.717, 1.165) is 72.9 Å². The molecule has 10 heteroatoms. The molecule has 4 bridgehead atoms. The molecule has 0 amide bonds. The van der Waals surface area contributed by atoms with Gasteiger partial charge >= 0.3 is 5.97 Å². The zero-order chi connectivity index (χ0) is 33.6. The van der Waals surface area contributed by atoms with E-state index >= 15 is 0 Å². The molecule has 5 heterocycles. The van der Waals surface area contributed by atoms with E-state index in [1.807, 2.05) is 65.5 Å². The molecule has 2 aromatic carbocycles. The number of aromatic carboxylic acids is 1. The number of carboxylic acids is 1. The Hall–Kier alpha value is -5.09. The third-order valence-electron chi connectivity index (χ3n) is 11.8. The Morgan fingerprint density at radius 3 is 2.46 bits per heavy atom. The maximum Gasteiger partial charge on any atom is 0.340 e. The van der Waals surface area contributed by atoms with Crippen molar-refractivity contribution in [2.75, 3.05) is 5.32 Å². The van der Waals surface area contributed by atoms with Gasteiger partial charge in [0, 0.05) is 46.7 Å². The molecule has 9 nitrogen and oxygen atoms in total. The molecular weight excluding hydrogens is 643 g/mol. The maximum atomic E-state index is 13.0. The minimum absolute atomic E-state index is 0.180. The average Bonchev–Trinajstić information content (AvgIpc) is 3.78. The number of carboxylic acid groups (broad SMARTS) is 1. The summed E-state index contributed by atoms with van der Waals surface area (Å²) in [5.41, 5.74) is 5.99. The van der Waals surface area contributed by atoms with Gasteiger partial charge in [-0.1, -0.05) is 60.6 Å². The van der Waals surface area contributed by atoms with Crippen molar-refractivity contribution < 1.29 is 9.90 Å². The van der Waals surface area contributed by atoms with Gasteiger partial charge < -0.3 is 10.4 Å². The first-order valence-corrected chi connectivity index (χ1v) is 18.5. The number of thiazole rings is 1. The number of hydrogen-bond donors (Lipinski definition) is 2. The van der Waals surface area contributed by atoms with E-state index in [-0.39, 0.29) is 5.56 Å². The number of imidazole rings is 1. The monoisotopic (exact) mass is 679 g/mol. The van der Waals surface area contributed by atoms with E-state index < -0.39 is 5.97 Å². The Balaban J connectivity index is 1.02. The molecule has 0 spiro atoms. The Morgan fingerprint density at radius 2 is 1.66 bits per heavy atom. The van der Waals surface area contributed by atoms with Crippen LogP contribution in [0.2, 0.25) is 0 Å². The average molecular weight is 680 g/mol. The van der Waals surface area contributed by atoms with E-state index in [9.17, 15) is 9.90 Å². The Kier molecular flexibility index (Phi) is 6.68. The highest BCUT2D eigenvalue weighted by molar-refractivity contribution is 7.22. The van der Waals surface area contributed by atoms with Crippen molar-refractivity contribution in [1.29, 1.82) is 0 Å². The minimum Gasteiger partial charge on any atom is -0.478 e. The van der Waals surface area contributed by atoms with Crippen LogP contribution in [0.5, 0.6) is 0 Å². The van der Waals surface area contributed by atoms with Crippen LogP contribution in [0.1, 0.15) is 61.0 Å². The number of aromatic nitrogens is 6. The Labute approximate surface area is 293 Å². The van der Waals surface area contributed by atoms with Crippen molar-refractivity contribution in [2.24, 2.45) is 23.2 Å². The fraction of sp³-hybridized carbons (Fsp3) is 0.325. The minimum atomic E-state index is -1.01. The molecule has 5 aromatic heterocycles. The summed E-state index contributed by atoms with van der Waals surface area (Å²) in [4.78, 5) is 27.3. The van der Waals surface area contributed by atoms with Crippen LogP contribution in [-0.4, -0.2) is 40.2 Å². The zero-order valence-corrected chi connectivity index (χ0v) is 28.7. The molecule has 4 saturated carbocycles. The van der Waals surface area contributed by atoms with Crippen LogP contribution in [-0.2, 0) is 6.54 Å². The van der Waals surface area contributed by atoms with Gasteiger partial charge in [0.2, 0.25) is 0 Å². The van der Waals surface area contributed by atoms with Crippen molar-refractivity contribution in [2.45, 2.75) is 58.4 Å². The first kappa shape index (κ1) is 29.8. The van der Waals surface area contributed by atoms with Gasteiger partial charge in [-0.2, -0.15) is 5.10 Å². The number of fused-ring (bicyclic) bond motifs is 4. The topological polar surface area (TPSA) is 110 Å². The summed E-state index contributed by atoms with van der Waals surface area (Å²) in [6.07, 6.45) is 16.9. The predicted molar refractivity (Wildman–Crippen MR) is 197 cm³/mol. The summed E-state index contributed by atoms with van der Waals surface area (Å²) in [7, 11) is 0. The van der Waals surface area contributed by atoms with Crippen LogP contribution in [0.25, 0.3) is 49.0 Å². The third kappa shape index (κ3) is 4.75. The maximum absolute atomic E-state index is 13.0. The van der Waals surface area contributed by atoms with E-state index in [1.54, 1.807) is 17.5 Å². The Morgan fingerprint density at radius 1 is 0.900 bits per heavy atom. The van der Waals surface area contributed by atoms with Crippen LogP contribution in [0.3, 0.4) is 0 Å². The second-order valence-corrected chi connectivity index (χ2v) is 16.0. The van der Waals surface area contributed by atoms with Gasteiger partial charge in [0.05, 0.1) is 28.3 Å². The van der Waals surface area contributed by atoms with Crippen LogP contribution >= 0.6 is 11.3 Å². The fourth-order valence-electron chi connectivity index (χ4n) is 9.96. The molecule has 11 rings (SSSR count). The van der Waals surface area contributed by atoms with Gasteiger partial charge in [-0.25, -0.2) is 19.7 Å². The van der Waals surface area contributed by atoms with Crippen molar-refractivity contribution in [3.05, 3.63) is 90.6 Å². The van der Waals surface area contributed by atoms with Gasteiger partial charge in [0.15, 0.2) is 10.8 Å². The molecule has 0 aliphatic heterocycles. The van der Waals surface area contributed by atoms with E-state index in [0.29, 0.717) is 22.4 Å². The summed E-state index contributed by atoms with van der Waals surface area (Å²) in [6, 6.07) is 18.1. The highest BCUT2D eigenvalue weighted by atomic mass is 32.1. The molecule has 7 aromatic rings. The summed E-state index contributed by atoms with van der Waals surface area (Å²) < 4.78 is 5.14. The van der Waals surface area contributed by atoms with E-state index in [2.05, 4.69) is 29.1 Å². The lowest BCUT2D eigenvalue weighted by molar-refractivity contribution is 0.0169. The number of carbonyl (C=O) groups is 1. The number of nitrogens with one attached hydrogen (secondary N) is 1. The van der Waals surface area contributed by atoms with Crippen molar-refractivity contribution >= 4 is 54.9 Å². The molecule has 2 unspecified atom stereocenters. The lowest BCUT2D eigenvalue weighted by Gasteiger charge is -2.48. The third-order valence-corrected chi connectivity index (χ3v) is 12.8. The van der Waals surface area contributed by atoms with E-state index in [1.165, 1.54) is 44.9 Å². The number of rotatable bonds is 7. The number of nitrogens with zero attached hydrogens (tertiary/aromatic N) is 6. The molecule has 250 valence electrons. The van der Waals surface area contributed by atoms with Crippen LogP contribution < -0.4 is 5.32 Å². The molecule has 0 radical (unpaired) electrons. The zero-order valence-electron chi connectivity index (χ0n) is 27.8. The number of anilines is 2. The number of pyridine rings is 2. The molecule has 2 atom stereocenters. The first-order valence-electron chi connectivity index (χ1n) is 17.7. The predicted octanol–water partition coefficient (Wildman–Crippen LogP) is 9.38. The number of hydrogen-bond acceptors (Lipinski definition) is 7. The first-order chi connectivity index (χ1) is 24.4. The van der Waals surface area contributed by atoms with Gasteiger partial charge in [-0.3, -0.25) is 9.08 Å². The smallest absolute Gasteiger partial charge is 0.340 e. The molecule has 50 heavy (non-hydrogen) atoms. The van der Waals surface area contributed by atoms with Crippen molar-refractivity contribution in [3.8, 4) is 22.4 Å². The SMILES string of the molecule is Cc1c(-c2ccn3c(-c4cnc(Nc5nc6ccccc6s5)c5ccccc45)cnc3c2C(=O)O)cnn1CC12CC3CCC(CC(C3)C1)C2. The molecule has 4 aliphatic carbocycles. The lowest BCUT2D eigenvalue weighted by atomic mass is 9.58. The van der Waals surface area contributed by atoms with Crippen LogP contribution in [0.4, 0.5) is 10.9 Å². The number of benzene rings is 2. The van der Waals surface area contributed by atoms with Gasteiger partial charge in [-0.15, -0.1) is 0 Å². The number of para-hydroxylation sites is 1. The molecular formula is C40H37N7O2S. The fourth-order valence-corrected chi connectivity index (χ4v) is 10.8. The summed E-state index contributed by atoms with van der Waals surface area (Å²) in [5.74, 6) is 2.27. The Bertz CT molecular complexity index is 2430. The largest absolute Gasteiger partial charge is 0.478 e. The quantitative estimate of drug-likeness (QED) is 0.173. The lowest BCUT2D eigenvalue weighted by Crippen LogP contribution is -2.40. The summed E-state index contributed by atoms with van der Waals surface area (Å²) in [6.45, 7) is 3.01. The summed E-state index contributed by atoms with van der Waals surface area (Å²) in [5, 5.41) is 21.7. The second kappa shape index (κ2) is 11.2. The standard InChI is InChI=1S/C40H37N7O2S/c1-23-30(20-43-47(23)22-40-16-24-10-11-25(17-40)15-26(14-24)18-40)28-12-13-46-33(21-42-37(46)35(28)38(48)49)31-19-41-36(29-7-3-2-6-27(29)31)45-39-44-32-8-4-5-9-34(32)50-39/h2-9,12-13,19-21,24-26H,10-11,14-18,22H2,1H3,(H,48,49)(H,41,44,45). The molecule has 0 saturated heterocycles. The molecule has 4 fully saturated rings. The van der Waals surface area contributed by atoms with Crippen LogP contribution in [0, 0.1) is 30.1 Å². The highest BCUT2D eigenvalue weighted by Gasteiger charge is 2.48. The van der Waals surface area contributed by atoms with Gasteiger partial charge in [0.1, 0.15) is 11.4 Å². The normalized spacial score (nSPS) is 22.9. The highest BCUT2D eigenvalue weighted by Crippen LogP contribution is 2.58. The molecule has 4 aliphatic rings. The second-order valence-electron chi connectivity index (χ2n) is 15.0. The molecule has 2 N–H and O–H groups in total. The van der Waals surface area contributed by atoms with Gasteiger partial charge in [0.25, 0.3) is 0 Å². The van der Waals surface area contributed by atoms with Crippen molar-refractivity contribution in [3.63, 3.8) is 0 Å². The van der Waals surface area contributed by atoms with Gasteiger partial charge in [-0.05, 0) is 85.8 Å². The summed E-state index contributed by atoms with van der Waals surface area (Å²) >= 11 is 1.59. The van der Waals surface area contributed by atoms with E-state index in [4.69, 9.17) is 20.1 Å². The van der Waals surface area contributed by atoms with Crippen molar-refractivity contribution in [1.82, 2.24) is 29.1 Å².